The van der Waals surface area contributed by atoms with Crippen LogP contribution in [-0.2, 0) is 0 Å². The van der Waals surface area contributed by atoms with E-state index in [-0.39, 0.29) is 18.2 Å². The number of carbonyl (C=O) groups is 1. The number of urea groups is 1. The molecular weight excluding hydrogens is 306 g/mol. The molecule has 0 saturated carbocycles. The van der Waals surface area contributed by atoms with Crippen molar-refractivity contribution >= 4 is 6.03 Å². The Hall–Kier alpha value is -2.76. The number of likely N-dealkylation sites (N-methyl/N-ethyl adjacent to an activating group) is 1. The monoisotopic (exact) mass is 327 g/mol. The van der Waals surface area contributed by atoms with Gasteiger partial charge in [-0.2, -0.15) is 0 Å². The highest BCUT2D eigenvalue weighted by Gasteiger charge is 2.24. The molecule has 0 fully saturated rings. The zero-order valence-corrected chi connectivity index (χ0v) is 13.8. The Labute approximate surface area is 141 Å². The van der Waals surface area contributed by atoms with Crippen LogP contribution in [0.2, 0.25) is 0 Å². The van der Waals surface area contributed by atoms with Gasteiger partial charge in [-0.15, -0.1) is 0 Å². The summed E-state index contributed by atoms with van der Waals surface area (Å²) in [5.41, 5.74) is 0.824. The third-order valence-electron chi connectivity index (χ3n) is 3.86. The van der Waals surface area contributed by atoms with Crippen LogP contribution >= 0.6 is 0 Å². The highest BCUT2D eigenvalue weighted by Crippen LogP contribution is 2.30. The van der Waals surface area contributed by atoms with E-state index in [1.165, 1.54) is 0 Å². The van der Waals surface area contributed by atoms with Crippen LogP contribution in [0, 0.1) is 0 Å². The Balaban J connectivity index is 1.53. The van der Waals surface area contributed by atoms with Gasteiger partial charge in [-0.05, 0) is 31.2 Å². The smallest absolute Gasteiger partial charge is 0.317 e. The molecule has 6 heteroatoms. The molecular formula is C18H21N3O3. The fourth-order valence-electron chi connectivity index (χ4n) is 2.54. The minimum Gasteiger partial charge on any atom is -0.486 e. The van der Waals surface area contributed by atoms with E-state index in [2.05, 4.69) is 10.3 Å². The molecule has 3 rings (SSSR count). The van der Waals surface area contributed by atoms with E-state index in [4.69, 9.17) is 9.47 Å². The number of ether oxygens (including phenoxy) is 2. The van der Waals surface area contributed by atoms with Crippen LogP contribution in [-0.4, -0.2) is 42.2 Å². The van der Waals surface area contributed by atoms with Crippen LogP contribution in [0.3, 0.4) is 0 Å². The summed E-state index contributed by atoms with van der Waals surface area (Å²) in [6.45, 7) is 2.77. The molecule has 2 heterocycles. The second-order valence-corrected chi connectivity index (χ2v) is 5.80. The Morgan fingerprint density at radius 1 is 1.29 bits per heavy atom. The molecule has 1 N–H and O–H groups in total. The van der Waals surface area contributed by atoms with Crippen LogP contribution in [0.1, 0.15) is 18.7 Å². The maximum absolute atomic E-state index is 12.3. The van der Waals surface area contributed by atoms with Gasteiger partial charge in [-0.3, -0.25) is 4.98 Å². The summed E-state index contributed by atoms with van der Waals surface area (Å²) >= 11 is 0. The van der Waals surface area contributed by atoms with Gasteiger partial charge in [0.1, 0.15) is 6.61 Å². The van der Waals surface area contributed by atoms with Gasteiger partial charge in [0.25, 0.3) is 0 Å². The van der Waals surface area contributed by atoms with Crippen molar-refractivity contribution in [1.29, 1.82) is 0 Å². The Bertz CT molecular complexity index is 693. The summed E-state index contributed by atoms with van der Waals surface area (Å²) in [7, 11) is 1.74. The first-order valence-corrected chi connectivity index (χ1v) is 7.94. The number of benzene rings is 1. The molecule has 2 atom stereocenters. The van der Waals surface area contributed by atoms with Crippen molar-refractivity contribution in [3.05, 3.63) is 54.4 Å². The number of hydrogen-bond donors (Lipinski definition) is 1. The lowest BCUT2D eigenvalue weighted by Crippen LogP contribution is -2.46. The molecule has 24 heavy (non-hydrogen) atoms. The van der Waals surface area contributed by atoms with E-state index in [0.717, 1.165) is 11.4 Å². The first-order chi connectivity index (χ1) is 11.6. The van der Waals surface area contributed by atoms with Gasteiger partial charge in [0.15, 0.2) is 17.6 Å². The standard InChI is InChI=1S/C18H21N3O3/c1-13(15-7-5-6-10-19-15)20-18(22)21(2)11-14-12-23-16-8-3-4-9-17(16)24-14/h3-10,13-14H,11-12H2,1-2H3,(H,20,22)/t13-,14-/m1/s1. The number of carbonyl (C=O) groups excluding carboxylic acids is 1. The molecule has 126 valence electrons. The van der Waals surface area contributed by atoms with Crippen molar-refractivity contribution in [2.45, 2.75) is 19.1 Å². The van der Waals surface area contributed by atoms with Gasteiger partial charge in [0.2, 0.25) is 0 Å². The van der Waals surface area contributed by atoms with Crippen molar-refractivity contribution in [1.82, 2.24) is 15.2 Å². The summed E-state index contributed by atoms with van der Waals surface area (Å²) in [6, 6.07) is 12.8. The van der Waals surface area contributed by atoms with Crippen LogP contribution in [0.15, 0.2) is 48.7 Å². The average Bonchev–Trinajstić information content (AvgIpc) is 2.62. The number of fused-ring (bicyclic) bond motifs is 1. The third kappa shape index (κ3) is 3.76. The Kier molecular flexibility index (Phi) is 4.84. The van der Waals surface area contributed by atoms with E-state index in [0.29, 0.717) is 18.9 Å². The van der Waals surface area contributed by atoms with Gasteiger partial charge in [0.05, 0.1) is 18.3 Å². The molecule has 1 aliphatic rings. The van der Waals surface area contributed by atoms with Crippen LogP contribution in [0.5, 0.6) is 11.5 Å². The lowest BCUT2D eigenvalue weighted by atomic mass is 10.2. The number of nitrogens with one attached hydrogen (secondary N) is 1. The lowest BCUT2D eigenvalue weighted by Gasteiger charge is -2.30. The van der Waals surface area contributed by atoms with E-state index in [1.54, 1.807) is 18.1 Å². The number of hydrogen-bond acceptors (Lipinski definition) is 4. The largest absolute Gasteiger partial charge is 0.486 e. The normalized spacial score (nSPS) is 17.0. The van der Waals surface area contributed by atoms with Gasteiger partial charge in [-0.1, -0.05) is 18.2 Å². The summed E-state index contributed by atoms with van der Waals surface area (Å²) in [5, 5.41) is 2.93. The number of aromatic nitrogens is 1. The fraction of sp³-hybridized carbons (Fsp3) is 0.333. The maximum atomic E-state index is 12.3. The van der Waals surface area contributed by atoms with E-state index in [9.17, 15) is 4.79 Å². The predicted octanol–water partition coefficient (Wildman–Crippen LogP) is 2.62. The highest BCUT2D eigenvalue weighted by atomic mass is 16.6. The molecule has 2 amide bonds. The van der Waals surface area contributed by atoms with Crippen molar-refractivity contribution < 1.29 is 14.3 Å². The number of rotatable bonds is 4. The van der Waals surface area contributed by atoms with Gasteiger partial charge in [-0.25, -0.2) is 4.79 Å². The summed E-state index contributed by atoms with van der Waals surface area (Å²) in [5.74, 6) is 1.45. The topological polar surface area (TPSA) is 63.7 Å². The Morgan fingerprint density at radius 2 is 2.04 bits per heavy atom. The molecule has 0 radical (unpaired) electrons. The summed E-state index contributed by atoms with van der Waals surface area (Å²) in [6.07, 6.45) is 1.52. The van der Waals surface area contributed by atoms with Gasteiger partial charge < -0.3 is 19.7 Å². The minimum absolute atomic E-state index is 0.162. The van der Waals surface area contributed by atoms with Crippen molar-refractivity contribution in [3.8, 4) is 11.5 Å². The van der Waals surface area contributed by atoms with Gasteiger partial charge >= 0.3 is 6.03 Å². The molecule has 0 bridgehead atoms. The minimum atomic E-state index is -0.194. The molecule has 2 aromatic rings. The fourth-order valence-corrected chi connectivity index (χ4v) is 2.54. The first kappa shape index (κ1) is 16.1. The number of amides is 2. The average molecular weight is 327 g/mol. The molecule has 1 aromatic heterocycles. The Morgan fingerprint density at radius 3 is 2.79 bits per heavy atom. The molecule has 0 spiro atoms. The van der Waals surface area contributed by atoms with Crippen LogP contribution in [0.25, 0.3) is 0 Å². The molecule has 0 unspecified atom stereocenters. The lowest BCUT2D eigenvalue weighted by molar-refractivity contribution is 0.0713. The van der Waals surface area contributed by atoms with Crippen molar-refractivity contribution in [2.75, 3.05) is 20.2 Å². The summed E-state index contributed by atoms with van der Waals surface area (Å²) < 4.78 is 11.6. The zero-order valence-electron chi connectivity index (χ0n) is 13.8. The van der Waals surface area contributed by atoms with Crippen molar-refractivity contribution in [2.24, 2.45) is 0 Å². The quantitative estimate of drug-likeness (QED) is 0.937. The van der Waals surface area contributed by atoms with Gasteiger partial charge in [0, 0.05) is 13.2 Å². The SMILES string of the molecule is C[C@@H](NC(=O)N(C)C[C@@H]1COc2ccccc2O1)c1ccccn1. The van der Waals surface area contributed by atoms with Crippen LogP contribution < -0.4 is 14.8 Å². The number of nitrogens with zero attached hydrogens (tertiary/aromatic N) is 2. The molecule has 6 nitrogen and oxygen atoms in total. The number of para-hydroxylation sites is 2. The second kappa shape index (κ2) is 7.21. The summed E-state index contributed by atoms with van der Waals surface area (Å²) in [4.78, 5) is 18.2. The molecule has 1 aromatic carbocycles. The number of pyridine rings is 1. The highest BCUT2D eigenvalue weighted by molar-refractivity contribution is 5.74. The van der Waals surface area contributed by atoms with E-state index >= 15 is 0 Å². The predicted molar refractivity (Wildman–Crippen MR) is 90.2 cm³/mol. The molecule has 0 saturated heterocycles. The molecule has 1 aliphatic heterocycles. The maximum Gasteiger partial charge on any atom is 0.317 e. The second-order valence-electron chi connectivity index (χ2n) is 5.80. The van der Waals surface area contributed by atoms with E-state index in [1.807, 2.05) is 49.4 Å². The molecule has 0 aliphatic carbocycles. The van der Waals surface area contributed by atoms with Crippen molar-refractivity contribution in [3.63, 3.8) is 0 Å². The zero-order chi connectivity index (χ0) is 16.9. The third-order valence-corrected chi connectivity index (χ3v) is 3.86. The van der Waals surface area contributed by atoms with E-state index < -0.39 is 0 Å². The first-order valence-electron chi connectivity index (χ1n) is 7.94. The van der Waals surface area contributed by atoms with Crippen LogP contribution in [0.4, 0.5) is 4.79 Å².